The quantitative estimate of drug-likeness (QED) is 0.761. The fourth-order valence-electron chi connectivity index (χ4n) is 1.80. The van der Waals surface area contributed by atoms with Crippen molar-refractivity contribution in [1.82, 2.24) is 5.32 Å². The van der Waals surface area contributed by atoms with Crippen LogP contribution < -0.4 is 5.32 Å². The Morgan fingerprint density at radius 3 is 2.41 bits per heavy atom. The zero-order valence-electron chi connectivity index (χ0n) is 11.2. The van der Waals surface area contributed by atoms with Gasteiger partial charge in [-0.15, -0.1) is 0 Å². The second-order valence-corrected chi connectivity index (χ2v) is 4.99. The van der Waals surface area contributed by atoms with Crippen LogP contribution in [0.25, 0.3) is 0 Å². The lowest BCUT2D eigenvalue weighted by Crippen LogP contribution is -2.34. The molecule has 0 saturated heterocycles. The third-order valence-corrected chi connectivity index (χ3v) is 3.16. The van der Waals surface area contributed by atoms with Gasteiger partial charge in [-0.1, -0.05) is 43.7 Å². The van der Waals surface area contributed by atoms with Crippen molar-refractivity contribution in [2.24, 2.45) is 5.92 Å². The first-order valence-corrected chi connectivity index (χ1v) is 6.55. The van der Waals surface area contributed by atoms with Crippen LogP contribution in [0.15, 0.2) is 24.3 Å². The first-order valence-electron chi connectivity index (χ1n) is 6.55. The Hall–Kier alpha value is -0.860. The number of benzene rings is 1. The van der Waals surface area contributed by atoms with Crippen LogP contribution in [-0.4, -0.2) is 24.3 Å². The lowest BCUT2D eigenvalue weighted by molar-refractivity contribution is 0.229. The van der Waals surface area contributed by atoms with Gasteiger partial charge in [0.1, 0.15) is 0 Å². The predicted octanol–water partition coefficient (Wildman–Crippen LogP) is 2.53. The molecule has 0 spiro atoms. The van der Waals surface area contributed by atoms with E-state index in [0.29, 0.717) is 12.0 Å². The predicted molar refractivity (Wildman–Crippen MR) is 73.2 cm³/mol. The molecule has 2 heteroatoms. The normalized spacial score (nSPS) is 14.6. The van der Waals surface area contributed by atoms with E-state index >= 15 is 0 Å². The van der Waals surface area contributed by atoms with Gasteiger partial charge in [0.05, 0.1) is 0 Å². The molecule has 1 rings (SSSR count). The summed E-state index contributed by atoms with van der Waals surface area (Å²) in [6.45, 7) is 7.53. The molecule has 2 N–H and O–H groups in total. The SMILES string of the molecule is CCC(Cc1ccc(C)cc1)NCC(C)CO. The highest BCUT2D eigenvalue weighted by Gasteiger charge is 2.08. The van der Waals surface area contributed by atoms with Crippen molar-refractivity contribution < 1.29 is 5.11 Å². The third-order valence-electron chi connectivity index (χ3n) is 3.16. The maximum absolute atomic E-state index is 9.00. The Labute approximate surface area is 105 Å². The van der Waals surface area contributed by atoms with Gasteiger partial charge in [-0.05, 0) is 31.2 Å². The zero-order chi connectivity index (χ0) is 12.7. The maximum atomic E-state index is 9.00. The average Bonchev–Trinajstić information content (AvgIpc) is 2.36. The monoisotopic (exact) mass is 235 g/mol. The summed E-state index contributed by atoms with van der Waals surface area (Å²) in [5.41, 5.74) is 2.69. The molecular formula is C15H25NO. The lowest BCUT2D eigenvalue weighted by Gasteiger charge is -2.19. The summed E-state index contributed by atoms with van der Waals surface area (Å²) in [7, 11) is 0. The molecule has 0 aliphatic rings. The second-order valence-electron chi connectivity index (χ2n) is 4.99. The van der Waals surface area contributed by atoms with Gasteiger partial charge < -0.3 is 10.4 Å². The Kier molecular flexibility index (Phi) is 6.23. The van der Waals surface area contributed by atoms with Crippen LogP contribution in [0.1, 0.15) is 31.4 Å². The van der Waals surface area contributed by atoms with Crippen molar-refractivity contribution in [1.29, 1.82) is 0 Å². The van der Waals surface area contributed by atoms with Crippen LogP contribution in [0.5, 0.6) is 0 Å². The second kappa shape index (κ2) is 7.46. The molecule has 0 aromatic heterocycles. The summed E-state index contributed by atoms with van der Waals surface area (Å²) >= 11 is 0. The van der Waals surface area contributed by atoms with E-state index in [2.05, 4.69) is 50.4 Å². The third kappa shape index (κ3) is 5.33. The molecule has 0 aliphatic heterocycles. The zero-order valence-corrected chi connectivity index (χ0v) is 11.2. The van der Waals surface area contributed by atoms with Crippen LogP contribution in [-0.2, 0) is 6.42 Å². The van der Waals surface area contributed by atoms with Gasteiger partial charge in [-0.25, -0.2) is 0 Å². The fourth-order valence-corrected chi connectivity index (χ4v) is 1.80. The first-order chi connectivity index (χ1) is 8.15. The molecule has 2 atom stereocenters. The topological polar surface area (TPSA) is 32.3 Å². The molecule has 0 aliphatic carbocycles. The molecule has 2 nitrogen and oxygen atoms in total. The van der Waals surface area contributed by atoms with E-state index in [1.165, 1.54) is 11.1 Å². The highest BCUT2D eigenvalue weighted by molar-refractivity contribution is 5.22. The van der Waals surface area contributed by atoms with Gasteiger partial charge in [-0.2, -0.15) is 0 Å². The highest BCUT2D eigenvalue weighted by atomic mass is 16.3. The average molecular weight is 235 g/mol. The minimum atomic E-state index is 0.258. The van der Waals surface area contributed by atoms with Crippen LogP contribution in [0.4, 0.5) is 0 Å². The van der Waals surface area contributed by atoms with Gasteiger partial charge in [0.25, 0.3) is 0 Å². The summed E-state index contributed by atoms with van der Waals surface area (Å²) < 4.78 is 0. The first kappa shape index (κ1) is 14.2. The van der Waals surface area contributed by atoms with Crippen LogP contribution >= 0.6 is 0 Å². The summed E-state index contributed by atoms with van der Waals surface area (Å²) in [6, 6.07) is 9.24. The number of hydrogen-bond acceptors (Lipinski definition) is 2. The molecule has 0 fully saturated rings. The maximum Gasteiger partial charge on any atom is 0.0468 e. The molecule has 0 saturated carbocycles. The Bertz CT molecular complexity index is 307. The van der Waals surface area contributed by atoms with E-state index in [1.54, 1.807) is 0 Å². The minimum absolute atomic E-state index is 0.258. The van der Waals surface area contributed by atoms with E-state index in [-0.39, 0.29) is 6.61 Å². The summed E-state index contributed by atoms with van der Waals surface area (Å²) in [4.78, 5) is 0. The van der Waals surface area contributed by atoms with Crippen molar-refractivity contribution >= 4 is 0 Å². The van der Waals surface area contributed by atoms with Crippen molar-refractivity contribution in [3.63, 3.8) is 0 Å². The molecule has 0 bridgehead atoms. The van der Waals surface area contributed by atoms with E-state index in [0.717, 1.165) is 19.4 Å². The van der Waals surface area contributed by atoms with Gasteiger partial charge in [0.15, 0.2) is 0 Å². The molecule has 1 aromatic rings. The van der Waals surface area contributed by atoms with Crippen molar-refractivity contribution in [2.75, 3.05) is 13.2 Å². The number of rotatable bonds is 7. The number of aliphatic hydroxyl groups excluding tert-OH is 1. The van der Waals surface area contributed by atoms with Crippen molar-refractivity contribution in [3.05, 3.63) is 35.4 Å². The fraction of sp³-hybridized carbons (Fsp3) is 0.600. The summed E-state index contributed by atoms with van der Waals surface area (Å²) in [5.74, 6) is 0.335. The standard InChI is InChI=1S/C15H25NO/c1-4-15(16-10-13(3)11-17)9-14-7-5-12(2)6-8-14/h5-8,13,15-17H,4,9-11H2,1-3H3. The van der Waals surface area contributed by atoms with Gasteiger partial charge >= 0.3 is 0 Å². The highest BCUT2D eigenvalue weighted by Crippen LogP contribution is 2.08. The van der Waals surface area contributed by atoms with Crippen LogP contribution in [0.2, 0.25) is 0 Å². The van der Waals surface area contributed by atoms with Gasteiger partial charge in [-0.3, -0.25) is 0 Å². The Morgan fingerprint density at radius 2 is 1.88 bits per heavy atom. The number of aryl methyl sites for hydroxylation is 1. The molecule has 1 aromatic carbocycles. The number of aliphatic hydroxyl groups is 1. The largest absolute Gasteiger partial charge is 0.396 e. The van der Waals surface area contributed by atoms with Crippen molar-refractivity contribution in [2.45, 2.75) is 39.7 Å². The van der Waals surface area contributed by atoms with E-state index in [4.69, 9.17) is 5.11 Å². The number of hydrogen-bond donors (Lipinski definition) is 2. The summed E-state index contributed by atoms with van der Waals surface area (Å²) in [5, 5.41) is 12.5. The molecule has 17 heavy (non-hydrogen) atoms. The van der Waals surface area contributed by atoms with E-state index < -0.39 is 0 Å². The van der Waals surface area contributed by atoms with Gasteiger partial charge in [0, 0.05) is 19.2 Å². The lowest BCUT2D eigenvalue weighted by atomic mass is 10.0. The smallest absolute Gasteiger partial charge is 0.0468 e. The molecule has 0 radical (unpaired) electrons. The van der Waals surface area contributed by atoms with E-state index in [9.17, 15) is 0 Å². The molecule has 2 unspecified atom stereocenters. The van der Waals surface area contributed by atoms with Gasteiger partial charge in [0.2, 0.25) is 0 Å². The summed E-state index contributed by atoms with van der Waals surface area (Å²) in [6.07, 6.45) is 2.18. The Morgan fingerprint density at radius 1 is 1.24 bits per heavy atom. The van der Waals surface area contributed by atoms with Crippen LogP contribution in [0.3, 0.4) is 0 Å². The molecular weight excluding hydrogens is 210 g/mol. The van der Waals surface area contributed by atoms with Crippen LogP contribution in [0, 0.1) is 12.8 Å². The molecule has 0 amide bonds. The number of nitrogens with one attached hydrogen (secondary N) is 1. The van der Waals surface area contributed by atoms with E-state index in [1.807, 2.05) is 0 Å². The van der Waals surface area contributed by atoms with Crippen molar-refractivity contribution in [3.8, 4) is 0 Å². The minimum Gasteiger partial charge on any atom is -0.396 e. The Balaban J connectivity index is 2.43. The molecule has 0 heterocycles. The molecule has 96 valence electrons.